The van der Waals surface area contributed by atoms with Crippen LogP contribution in [-0.2, 0) is 13.1 Å². The minimum atomic E-state index is 0. The van der Waals surface area contributed by atoms with Crippen LogP contribution in [0.3, 0.4) is 0 Å². The van der Waals surface area contributed by atoms with E-state index in [4.69, 9.17) is 4.99 Å². The second-order valence-electron chi connectivity index (χ2n) is 7.27. The van der Waals surface area contributed by atoms with E-state index in [9.17, 15) is 0 Å². The monoisotopic (exact) mass is 564 g/mol. The highest BCUT2D eigenvalue weighted by Gasteiger charge is 2.06. The van der Waals surface area contributed by atoms with E-state index in [-0.39, 0.29) is 24.0 Å². The zero-order valence-corrected chi connectivity index (χ0v) is 22.0. The number of hydrogen-bond acceptors (Lipinski definition) is 4. The molecule has 0 spiro atoms. The van der Waals surface area contributed by atoms with Crippen molar-refractivity contribution in [3.8, 4) is 11.1 Å². The highest BCUT2D eigenvalue weighted by atomic mass is 127. The van der Waals surface area contributed by atoms with E-state index in [0.717, 1.165) is 32.0 Å². The van der Waals surface area contributed by atoms with E-state index in [0.29, 0.717) is 6.54 Å². The van der Waals surface area contributed by atoms with E-state index < -0.39 is 0 Å². The maximum Gasteiger partial charge on any atom is 0.191 e. The van der Waals surface area contributed by atoms with Gasteiger partial charge >= 0.3 is 0 Å². The molecule has 0 saturated heterocycles. The molecule has 32 heavy (non-hydrogen) atoms. The molecule has 0 atom stereocenters. The molecule has 3 aromatic rings. The number of benzene rings is 2. The highest BCUT2D eigenvalue weighted by Crippen LogP contribution is 2.25. The Morgan fingerprint density at radius 3 is 2.59 bits per heavy atom. The van der Waals surface area contributed by atoms with Crippen LogP contribution in [0.5, 0.6) is 0 Å². The fourth-order valence-corrected chi connectivity index (χ4v) is 3.81. The Balaban J connectivity index is 0.00000363. The van der Waals surface area contributed by atoms with Gasteiger partial charge < -0.3 is 10.6 Å². The lowest BCUT2D eigenvalue weighted by Crippen LogP contribution is -2.37. The number of nitrogens with zero attached hydrogens (tertiary/aromatic N) is 4. The topological polar surface area (TPSA) is 67.1 Å². The summed E-state index contributed by atoms with van der Waals surface area (Å²) in [5, 5.41) is 11.0. The maximum atomic E-state index is 4.83. The molecule has 172 valence electrons. The number of guanidine groups is 1. The Bertz CT molecular complexity index is 928. The SMILES string of the molecule is CCNC(=NCc1ccccc1-c1ccc(Cn2cncn2)cc1)NCCCCSC.I. The Hall–Kier alpha value is -2.07. The second-order valence-corrected chi connectivity index (χ2v) is 8.25. The van der Waals surface area contributed by atoms with Crippen LogP contribution in [0.4, 0.5) is 0 Å². The van der Waals surface area contributed by atoms with Crippen molar-refractivity contribution in [2.75, 3.05) is 25.1 Å². The number of aromatic nitrogens is 3. The van der Waals surface area contributed by atoms with E-state index in [1.54, 1.807) is 12.7 Å². The van der Waals surface area contributed by atoms with Gasteiger partial charge in [-0.3, -0.25) is 0 Å². The summed E-state index contributed by atoms with van der Waals surface area (Å²) in [7, 11) is 0. The first kappa shape index (κ1) is 26.2. The molecule has 0 bridgehead atoms. The third-order valence-corrected chi connectivity index (χ3v) is 5.61. The molecule has 0 fully saturated rings. The van der Waals surface area contributed by atoms with Gasteiger partial charge in [-0.25, -0.2) is 14.7 Å². The Morgan fingerprint density at radius 1 is 1.06 bits per heavy atom. The summed E-state index contributed by atoms with van der Waals surface area (Å²) in [6.07, 6.45) is 7.83. The molecule has 0 unspecified atom stereocenters. The number of aliphatic imine (C=N–C) groups is 1. The highest BCUT2D eigenvalue weighted by molar-refractivity contribution is 14.0. The minimum absolute atomic E-state index is 0. The van der Waals surface area contributed by atoms with E-state index in [1.165, 1.54) is 34.4 Å². The Labute approximate surface area is 212 Å². The number of hydrogen-bond donors (Lipinski definition) is 2. The van der Waals surface area contributed by atoms with Crippen molar-refractivity contribution in [2.45, 2.75) is 32.9 Å². The zero-order valence-electron chi connectivity index (χ0n) is 18.8. The van der Waals surface area contributed by atoms with E-state index in [1.807, 2.05) is 16.4 Å². The summed E-state index contributed by atoms with van der Waals surface area (Å²) in [6.45, 7) is 5.25. The van der Waals surface area contributed by atoms with Crippen LogP contribution in [0.1, 0.15) is 30.9 Å². The lowest BCUT2D eigenvalue weighted by Gasteiger charge is -2.13. The summed E-state index contributed by atoms with van der Waals surface area (Å²) in [5.74, 6) is 2.09. The number of unbranched alkanes of at least 4 members (excludes halogenated alkanes) is 1. The first-order valence-electron chi connectivity index (χ1n) is 10.8. The van der Waals surface area contributed by atoms with Crippen molar-refractivity contribution in [2.24, 2.45) is 4.99 Å². The van der Waals surface area contributed by atoms with E-state index in [2.05, 4.69) is 82.4 Å². The van der Waals surface area contributed by atoms with Gasteiger partial charge in [-0.1, -0.05) is 48.5 Å². The van der Waals surface area contributed by atoms with Gasteiger partial charge in [-0.15, -0.1) is 24.0 Å². The fraction of sp³-hybridized carbons (Fsp3) is 0.375. The normalized spacial score (nSPS) is 11.1. The van der Waals surface area contributed by atoms with Gasteiger partial charge in [0, 0.05) is 13.1 Å². The molecule has 0 amide bonds. The molecule has 2 aromatic carbocycles. The Morgan fingerprint density at radius 2 is 1.88 bits per heavy atom. The molecular formula is C24H33IN6S. The molecule has 1 aromatic heterocycles. The predicted octanol–water partition coefficient (Wildman–Crippen LogP) is 4.81. The first-order valence-corrected chi connectivity index (χ1v) is 12.2. The van der Waals surface area contributed by atoms with Crippen molar-refractivity contribution in [1.29, 1.82) is 0 Å². The van der Waals surface area contributed by atoms with Gasteiger partial charge in [-0.2, -0.15) is 16.9 Å². The molecule has 0 aliphatic rings. The van der Waals surface area contributed by atoms with Gasteiger partial charge in [0.1, 0.15) is 12.7 Å². The number of halogens is 1. The summed E-state index contributed by atoms with van der Waals surface area (Å²) in [5.41, 5.74) is 4.83. The van der Waals surface area contributed by atoms with Gasteiger partial charge in [0.2, 0.25) is 0 Å². The van der Waals surface area contributed by atoms with Gasteiger partial charge in [0.15, 0.2) is 5.96 Å². The van der Waals surface area contributed by atoms with Crippen molar-refractivity contribution in [3.05, 3.63) is 72.3 Å². The second kappa shape index (κ2) is 14.9. The molecule has 1 heterocycles. The third kappa shape index (κ3) is 8.46. The quantitative estimate of drug-likeness (QED) is 0.152. The molecule has 0 radical (unpaired) electrons. The zero-order chi connectivity index (χ0) is 21.7. The molecular weight excluding hydrogens is 531 g/mol. The Kier molecular flexibility index (Phi) is 12.2. The van der Waals surface area contributed by atoms with Crippen LogP contribution in [0.25, 0.3) is 11.1 Å². The van der Waals surface area contributed by atoms with Crippen molar-refractivity contribution < 1.29 is 0 Å². The van der Waals surface area contributed by atoms with Crippen LogP contribution in [0.15, 0.2) is 66.2 Å². The average Bonchev–Trinajstić information content (AvgIpc) is 3.31. The van der Waals surface area contributed by atoms with Crippen LogP contribution < -0.4 is 10.6 Å². The van der Waals surface area contributed by atoms with Crippen LogP contribution >= 0.6 is 35.7 Å². The summed E-state index contributed by atoms with van der Waals surface area (Å²) < 4.78 is 1.83. The molecule has 8 heteroatoms. The molecule has 2 N–H and O–H groups in total. The molecule has 6 nitrogen and oxygen atoms in total. The number of nitrogens with one attached hydrogen (secondary N) is 2. The minimum Gasteiger partial charge on any atom is -0.357 e. The van der Waals surface area contributed by atoms with Crippen LogP contribution in [-0.4, -0.2) is 45.8 Å². The predicted molar refractivity (Wildman–Crippen MR) is 147 cm³/mol. The summed E-state index contributed by atoms with van der Waals surface area (Å²) in [6, 6.07) is 17.1. The molecule has 3 rings (SSSR count). The molecule has 0 aliphatic heterocycles. The van der Waals surface area contributed by atoms with Crippen LogP contribution in [0.2, 0.25) is 0 Å². The van der Waals surface area contributed by atoms with Crippen molar-refractivity contribution >= 4 is 41.7 Å². The van der Waals surface area contributed by atoms with Gasteiger partial charge in [0.05, 0.1) is 13.1 Å². The standard InChI is InChI=1S/C24H32N6S.HI/c1-3-26-24(27-14-6-7-15-31-2)28-16-22-8-4-5-9-23(22)21-12-10-20(11-13-21)17-30-19-25-18-29-30;/h4-5,8-13,18-19H,3,6-7,14-17H2,1-2H3,(H2,26,27,28);1H. The molecule has 0 aliphatic carbocycles. The average molecular weight is 565 g/mol. The number of thioether (sulfide) groups is 1. The van der Waals surface area contributed by atoms with E-state index >= 15 is 0 Å². The first-order chi connectivity index (χ1) is 15.3. The van der Waals surface area contributed by atoms with Crippen molar-refractivity contribution in [3.63, 3.8) is 0 Å². The van der Waals surface area contributed by atoms with Crippen LogP contribution in [0, 0.1) is 0 Å². The smallest absolute Gasteiger partial charge is 0.191 e. The third-order valence-electron chi connectivity index (χ3n) is 4.91. The lowest BCUT2D eigenvalue weighted by atomic mass is 9.98. The lowest BCUT2D eigenvalue weighted by molar-refractivity contribution is 0.685. The fourth-order valence-electron chi connectivity index (χ4n) is 3.32. The van der Waals surface area contributed by atoms with Crippen molar-refractivity contribution in [1.82, 2.24) is 25.4 Å². The molecule has 0 saturated carbocycles. The number of rotatable bonds is 11. The summed E-state index contributed by atoms with van der Waals surface area (Å²) in [4.78, 5) is 8.83. The summed E-state index contributed by atoms with van der Waals surface area (Å²) >= 11 is 1.90. The van der Waals surface area contributed by atoms with Gasteiger partial charge in [0.25, 0.3) is 0 Å². The van der Waals surface area contributed by atoms with Gasteiger partial charge in [-0.05, 0) is 54.0 Å². The largest absolute Gasteiger partial charge is 0.357 e. The maximum absolute atomic E-state index is 4.83.